The van der Waals surface area contributed by atoms with Crippen molar-refractivity contribution in [2.24, 2.45) is 11.8 Å². The average Bonchev–Trinajstić information content (AvgIpc) is 3.55. The Morgan fingerprint density at radius 1 is 1.06 bits per heavy atom. The van der Waals surface area contributed by atoms with E-state index in [1.807, 2.05) is 6.92 Å². The van der Waals surface area contributed by atoms with Crippen molar-refractivity contribution < 1.29 is 44.2 Å². The molecule has 7 atom stereocenters. The molecule has 0 amide bonds. The Morgan fingerprint density at radius 3 is 2.37 bits per heavy atom. The van der Waals surface area contributed by atoms with Gasteiger partial charge in [0.15, 0.2) is 0 Å². The molecule has 2 heterocycles. The van der Waals surface area contributed by atoms with E-state index in [-0.39, 0.29) is 42.8 Å². The molecule has 2 fully saturated rings. The third kappa shape index (κ3) is 10.3. The van der Waals surface area contributed by atoms with Crippen LogP contribution < -0.4 is 0 Å². The number of carboxylic acids is 1. The molecule has 0 bridgehead atoms. The number of carbonyl (C=O) groups excluding carboxylic acids is 1. The highest BCUT2D eigenvalue weighted by atomic mass is 16.6. The second-order valence-corrected chi connectivity index (χ2v) is 9.90. The van der Waals surface area contributed by atoms with E-state index in [1.165, 1.54) is 6.08 Å². The van der Waals surface area contributed by atoms with E-state index in [0.29, 0.717) is 31.4 Å². The van der Waals surface area contributed by atoms with E-state index in [9.17, 15) is 24.9 Å². The summed E-state index contributed by atoms with van der Waals surface area (Å²) in [5.41, 5.74) is 0.698. The zero-order valence-corrected chi connectivity index (χ0v) is 20.9. The van der Waals surface area contributed by atoms with Gasteiger partial charge in [-0.3, -0.25) is 4.79 Å². The number of rotatable bonds is 16. The van der Waals surface area contributed by atoms with Crippen LogP contribution in [0.25, 0.3) is 0 Å². The molecule has 35 heavy (non-hydrogen) atoms. The molecule has 0 aromatic heterocycles. The van der Waals surface area contributed by atoms with Crippen LogP contribution in [0.1, 0.15) is 71.6 Å². The minimum Gasteiger partial charge on any atom is -0.513 e. The van der Waals surface area contributed by atoms with Gasteiger partial charge < -0.3 is 34.6 Å². The largest absolute Gasteiger partial charge is 0.513 e. The van der Waals surface area contributed by atoms with Crippen molar-refractivity contribution in [2.45, 2.75) is 102 Å². The van der Waals surface area contributed by atoms with Gasteiger partial charge in [-0.25, -0.2) is 4.79 Å². The normalized spacial score (nSPS) is 29.4. The molecule has 0 spiro atoms. The summed E-state index contributed by atoms with van der Waals surface area (Å²) in [6, 6.07) is 0. The van der Waals surface area contributed by atoms with Crippen LogP contribution in [0, 0.1) is 11.8 Å². The van der Waals surface area contributed by atoms with Crippen molar-refractivity contribution >= 4 is 11.9 Å². The topological polar surface area (TPSA) is 146 Å². The van der Waals surface area contributed by atoms with Crippen LogP contribution in [0.5, 0.6) is 0 Å². The van der Waals surface area contributed by atoms with Crippen LogP contribution in [-0.4, -0.2) is 76.1 Å². The number of ether oxygens (including phenoxy) is 3. The van der Waals surface area contributed by atoms with Crippen molar-refractivity contribution in [3.05, 3.63) is 24.0 Å². The lowest BCUT2D eigenvalue weighted by molar-refractivity contribution is -0.165. The molecule has 0 radical (unpaired) electrons. The molecule has 4 N–H and O–H groups in total. The third-order valence-corrected chi connectivity index (χ3v) is 6.83. The predicted octanol–water partition coefficient (Wildman–Crippen LogP) is 3.28. The van der Waals surface area contributed by atoms with Gasteiger partial charge in [0, 0.05) is 24.3 Å². The second kappa shape index (κ2) is 14.6. The lowest BCUT2D eigenvalue weighted by atomic mass is 9.86. The number of aliphatic hydroxyl groups is 3. The highest BCUT2D eigenvalue weighted by Gasteiger charge is 2.48. The number of hydrogen-bond acceptors (Lipinski definition) is 8. The summed E-state index contributed by atoms with van der Waals surface area (Å²) in [4.78, 5) is 22.5. The van der Waals surface area contributed by atoms with Gasteiger partial charge in [-0.1, -0.05) is 44.8 Å². The summed E-state index contributed by atoms with van der Waals surface area (Å²) >= 11 is 0. The van der Waals surface area contributed by atoms with E-state index in [1.54, 1.807) is 6.92 Å². The summed E-state index contributed by atoms with van der Waals surface area (Å²) < 4.78 is 16.6. The Morgan fingerprint density at radius 2 is 1.71 bits per heavy atom. The van der Waals surface area contributed by atoms with E-state index in [4.69, 9.17) is 19.3 Å². The Balaban J connectivity index is 1.62. The number of unbranched alkanes of at least 4 members (excludes halogenated alkanes) is 5. The van der Waals surface area contributed by atoms with Gasteiger partial charge in [0.05, 0.1) is 43.4 Å². The Labute approximate surface area is 207 Å². The number of carbonyl (C=O) groups is 2. The molecule has 2 rings (SSSR count). The molecule has 0 aliphatic carbocycles. The number of aliphatic hydroxyl groups excluding tert-OH is 3. The lowest BCUT2D eigenvalue weighted by Gasteiger charge is -2.37. The predicted molar refractivity (Wildman–Crippen MR) is 129 cm³/mol. The Bertz CT molecular complexity index is 734. The first-order valence-electron chi connectivity index (χ1n) is 12.7. The molecule has 0 unspecified atom stereocenters. The number of esters is 1. The Hall–Kier alpha value is -1.94. The number of epoxide rings is 1. The van der Waals surface area contributed by atoms with Gasteiger partial charge in [-0.05, 0) is 32.6 Å². The lowest BCUT2D eigenvalue weighted by Crippen LogP contribution is -2.50. The van der Waals surface area contributed by atoms with E-state index < -0.39 is 30.3 Å². The summed E-state index contributed by atoms with van der Waals surface area (Å²) in [7, 11) is 0. The fourth-order valence-corrected chi connectivity index (χ4v) is 4.48. The van der Waals surface area contributed by atoms with Gasteiger partial charge in [-0.15, -0.1) is 0 Å². The summed E-state index contributed by atoms with van der Waals surface area (Å²) in [6.07, 6.45) is 4.78. The number of hydrogen-bond donors (Lipinski definition) is 4. The highest BCUT2D eigenvalue weighted by molar-refractivity contribution is 5.82. The standard InChI is InChI=1S/C26H42O9/c1-16(13-23(30)33-11-9-7-5-4-6-8-10-22(28)29)12-20-25(32)24(31)19(15-34-20)14-21-26(35-21)17(2)18(3)27/h13,17,19-21,24-27,31-32H,3-12,14-15H2,1-2H3,(H,28,29)/b16-13+/t17-,19-,20-,21-,24+,25-,26-/m0/s1. The number of carboxylic acid groups (broad SMARTS) is 1. The van der Waals surface area contributed by atoms with Gasteiger partial charge in [-0.2, -0.15) is 0 Å². The molecule has 9 nitrogen and oxygen atoms in total. The van der Waals surface area contributed by atoms with Crippen LogP contribution >= 0.6 is 0 Å². The third-order valence-electron chi connectivity index (χ3n) is 6.83. The second-order valence-electron chi connectivity index (χ2n) is 9.90. The maximum atomic E-state index is 12.0. The average molecular weight is 499 g/mol. The summed E-state index contributed by atoms with van der Waals surface area (Å²) in [5.74, 6) is -1.58. The van der Waals surface area contributed by atoms with Crippen molar-refractivity contribution in [1.29, 1.82) is 0 Å². The maximum Gasteiger partial charge on any atom is 0.330 e. The molecule has 0 aromatic carbocycles. The minimum atomic E-state index is -1.08. The van der Waals surface area contributed by atoms with Crippen molar-refractivity contribution in [3.63, 3.8) is 0 Å². The molecule has 2 aliphatic heterocycles. The summed E-state index contributed by atoms with van der Waals surface area (Å²) in [5, 5.41) is 39.2. The van der Waals surface area contributed by atoms with Crippen LogP contribution in [-0.2, 0) is 23.8 Å². The maximum absolute atomic E-state index is 12.0. The van der Waals surface area contributed by atoms with Crippen LogP contribution in [0.15, 0.2) is 24.0 Å². The molecular formula is C26H42O9. The van der Waals surface area contributed by atoms with Crippen molar-refractivity contribution in [3.8, 4) is 0 Å². The molecule has 0 aromatic rings. The first-order valence-corrected chi connectivity index (χ1v) is 12.7. The molecule has 2 saturated heterocycles. The number of aliphatic carboxylic acids is 1. The van der Waals surface area contributed by atoms with Crippen LogP contribution in [0.4, 0.5) is 0 Å². The molecule has 2 aliphatic rings. The fourth-order valence-electron chi connectivity index (χ4n) is 4.48. The fraction of sp³-hybridized carbons (Fsp3) is 0.769. The van der Waals surface area contributed by atoms with Gasteiger partial charge in [0.25, 0.3) is 0 Å². The van der Waals surface area contributed by atoms with Gasteiger partial charge in [0.1, 0.15) is 6.10 Å². The molecule has 200 valence electrons. The van der Waals surface area contributed by atoms with E-state index in [0.717, 1.165) is 32.1 Å². The minimum absolute atomic E-state index is 0.0730. The first-order chi connectivity index (χ1) is 16.6. The SMILES string of the molecule is C=C(O)[C@H](C)[C@@H]1O[C@H]1C[C@H]1CO[C@@H](C/C(C)=C/C(=O)OCCCCCCCCC(=O)O)[C@H](O)[C@@H]1O. The highest BCUT2D eigenvalue weighted by Crippen LogP contribution is 2.39. The van der Waals surface area contributed by atoms with E-state index in [2.05, 4.69) is 6.58 Å². The quantitative estimate of drug-likeness (QED) is 0.0827. The van der Waals surface area contributed by atoms with Gasteiger partial charge >= 0.3 is 11.9 Å². The van der Waals surface area contributed by atoms with Crippen molar-refractivity contribution in [2.75, 3.05) is 13.2 Å². The van der Waals surface area contributed by atoms with Crippen LogP contribution in [0.2, 0.25) is 0 Å². The van der Waals surface area contributed by atoms with Crippen molar-refractivity contribution in [1.82, 2.24) is 0 Å². The monoisotopic (exact) mass is 498 g/mol. The van der Waals surface area contributed by atoms with Gasteiger partial charge in [0.2, 0.25) is 0 Å². The zero-order valence-electron chi connectivity index (χ0n) is 20.9. The van der Waals surface area contributed by atoms with E-state index >= 15 is 0 Å². The molecule has 9 heteroatoms. The van der Waals surface area contributed by atoms with Crippen LogP contribution in [0.3, 0.4) is 0 Å². The first kappa shape index (κ1) is 29.3. The zero-order chi connectivity index (χ0) is 26.0. The molecular weight excluding hydrogens is 456 g/mol. The molecule has 0 saturated carbocycles. The summed E-state index contributed by atoms with van der Waals surface area (Å²) in [6.45, 7) is 7.73. The Kier molecular flexibility index (Phi) is 12.2. The smallest absolute Gasteiger partial charge is 0.330 e.